The monoisotopic (exact) mass is 568 g/mol. The largest absolute Gasteiger partial charge is 0.379 e. The molecule has 3 fully saturated rings. The van der Waals surface area contributed by atoms with Crippen molar-refractivity contribution in [3.05, 3.63) is 0 Å². The average molecular weight is 568 g/mol. The van der Waals surface area contributed by atoms with Crippen LogP contribution in [0.25, 0.3) is 0 Å². The van der Waals surface area contributed by atoms with Gasteiger partial charge in [-0.05, 0) is 117 Å². The standard InChI is InChI=1S/C12H25NO.C11H24N2.C10H20N2O/c1-12(2)14-11-7-6-10-13-8-4-3-5-9-13;1-11(2)12-7-6-10-13-8-4-3-5-9-13;1-9(2)11-6-5-10(13)12-7-3-4-8-12/h12H,3-11H2,1-2H3;11-12H,3-10H2,1-2H3;9,11H,3-8H2,1-2H3. The number of ether oxygens (including phenoxy) is 1. The minimum atomic E-state index is 0.311. The summed E-state index contributed by atoms with van der Waals surface area (Å²) in [6, 6.07) is 1.12. The van der Waals surface area contributed by atoms with E-state index in [2.05, 4.69) is 62.0 Å². The van der Waals surface area contributed by atoms with E-state index in [1.165, 1.54) is 116 Å². The number of amides is 1. The van der Waals surface area contributed by atoms with Crippen LogP contribution in [0.1, 0.15) is 119 Å². The van der Waals surface area contributed by atoms with E-state index in [1.54, 1.807) is 0 Å². The van der Waals surface area contributed by atoms with Crippen molar-refractivity contribution in [2.24, 2.45) is 0 Å². The second-order valence-electron chi connectivity index (χ2n) is 12.8. The molecule has 7 nitrogen and oxygen atoms in total. The van der Waals surface area contributed by atoms with Crippen molar-refractivity contribution in [1.29, 1.82) is 0 Å². The van der Waals surface area contributed by atoms with Gasteiger partial charge >= 0.3 is 0 Å². The molecule has 3 heterocycles. The number of piperidine rings is 2. The van der Waals surface area contributed by atoms with E-state index in [0.29, 0.717) is 30.5 Å². The zero-order valence-corrected chi connectivity index (χ0v) is 27.7. The highest BCUT2D eigenvalue weighted by atomic mass is 16.5. The molecule has 2 N–H and O–H groups in total. The Balaban J connectivity index is 0.000000300. The van der Waals surface area contributed by atoms with Crippen LogP contribution in [0.15, 0.2) is 0 Å². The Labute approximate surface area is 249 Å². The number of rotatable bonds is 15. The van der Waals surface area contributed by atoms with Crippen molar-refractivity contribution in [3.63, 3.8) is 0 Å². The third-order valence-corrected chi connectivity index (χ3v) is 7.77. The molecule has 3 rings (SSSR count). The van der Waals surface area contributed by atoms with Crippen LogP contribution in [0.5, 0.6) is 0 Å². The van der Waals surface area contributed by atoms with Gasteiger partial charge in [-0.3, -0.25) is 4.79 Å². The maximum absolute atomic E-state index is 11.5. The molecule has 3 saturated heterocycles. The summed E-state index contributed by atoms with van der Waals surface area (Å²) in [5.74, 6) is 0.311. The fraction of sp³-hybridized carbons (Fsp3) is 0.970. The third kappa shape index (κ3) is 21.9. The molecule has 3 aliphatic heterocycles. The molecule has 1 amide bonds. The van der Waals surface area contributed by atoms with Crippen molar-refractivity contribution in [1.82, 2.24) is 25.3 Å². The summed E-state index contributed by atoms with van der Waals surface area (Å²) in [4.78, 5) is 18.7. The smallest absolute Gasteiger partial charge is 0.223 e. The topological polar surface area (TPSA) is 60.1 Å². The molecule has 0 atom stereocenters. The molecule has 0 radical (unpaired) electrons. The lowest BCUT2D eigenvalue weighted by Crippen LogP contribution is -2.33. The summed E-state index contributed by atoms with van der Waals surface area (Å²) in [5, 5.41) is 6.71. The highest BCUT2D eigenvalue weighted by Gasteiger charge is 2.17. The maximum Gasteiger partial charge on any atom is 0.223 e. The number of hydrogen-bond donors (Lipinski definition) is 2. The van der Waals surface area contributed by atoms with Gasteiger partial charge in [0, 0.05) is 44.7 Å². The molecule has 0 aliphatic carbocycles. The van der Waals surface area contributed by atoms with Gasteiger partial charge in [0.05, 0.1) is 6.10 Å². The Hall–Kier alpha value is -0.730. The van der Waals surface area contributed by atoms with Crippen LogP contribution in [0, 0.1) is 0 Å². The highest BCUT2D eigenvalue weighted by Crippen LogP contribution is 2.10. The summed E-state index contributed by atoms with van der Waals surface area (Å²) in [6.45, 7) is 25.6. The van der Waals surface area contributed by atoms with Gasteiger partial charge in [0.25, 0.3) is 0 Å². The zero-order chi connectivity index (χ0) is 29.4. The maximum atomic E-state index is 11.5. The van der Waals surface area contributed by atoms with E-state index < -0.39 is 0 Å². The number of carbonyl (C=O) groups excluding carboxylic acids is 1. The first-order valence-electron chi connectivity index (χ1n) is 17.1. The number of hydrogen-bond acceptors (Lipinski definition) is 6. The lowest BCUT2D eigenvalue weighted by atomic mass is 10.1. The summed E-state index contributed by atoms with van der Waals surface area (Å²) < 4.78 is 5.51. The normalized spacial score (nSPS) is 18.6. The van der Waals surface area contributed by atoms with Crippen LogP contribution < -0.4 is 10.6 Å². The van der Waals surface area contributed by atoms with Gasteiger partial charge in [-0.25, -0.2) is 0 Å². The second kappa shape index (κ2) is 24.8. The van der Waals surface area contributed by atoms with E-state index in [9.17, 15) is 4.79 Å². The van der Waals surface area contributed by atoms with Gasteiger partial charge in [-0.1, -0.05) is 40.5 Å². The average Bonchev–Trinajstić information content (AvgIpc) is 3.48. The predicted octanol–water partition coefficient (Wildman–Crippen LogP) is 5.53. The van der Waals surface area contributed by atoms with Gasteiger partial charge in [0.15, 0.2) is 0 Å². The predicted molar refractivity (Wildman–Crippen MR) is 172 cm³/mol. The summed E-state index contributed by atoms with van der Waals surface area (Å²) in [5.41, 5.74) is 0. The van der Waals surface area contributed by atoms with E-state index in [1.807, 2.05) is 4.90 Å². The van der Waals surface area contributed by atoms with Crippen LogP contribution in [0.2, 0.25) is 0 Å². The summed E-state index contributed by atoms with van der Waals surface area (Å²) >= 11 is 0. The Morgan fingerprint density at radius 2 is 1.10 bits per heavy atom. The van der Waals surface area contributed by atoms with E-state index in [-0.39, 0.29) is 0 Å². The lowest BCUT2D eigenvalue weighted by Gasteiger charge is -2.26. The Bertz CT molecular complexity index is 569. The van der Waals surface area contributed by atoms with Crippen LogP contribution in [0.3, 0.4) is 0 Å². The van der Waals surface area contributed by atoms with Gasteiger partial charge < -0.3 is 30.1 Å². The first kappa shape index (κ1) is 37.3. The zero-order valence-electron chi connectivity index (χ0n) is 27.7. The van der Waals surface area contributed by atoms with E-state index in [0.717, 1.165) is 26.2 Å². The minimum absolute atomic E-state index is 0.311. The first-order chi connectivity index (χ1) is 19.3. The van der Waals surface area contributed by atoms with Gasteiger partial charge in [-0.15, -0.1) is 0 Å². The molecule has 7 heteroatoms. The quantitative estimate of drug-likeness (QED) is 0.254. The Morgan fingerprint density at radius 3 is 1.60 bits per heavy atom. The van der Waals surface area contributed by atoms with Crippen molar-refractivity contribution in [3.8, 4) is 0 Å². The SMILES string of the molecule is CC(C)NCCC(=O)N1CCCC1.CC(C)NCCCN1CCCCC1.CC(C)OCCCCN1CCCCC1. The Morgan fingerprint density at radius 1 is 0.625 bits per heavy atom. The van der Waals surface area contributed by atoms with E-state index in [4.69, 9.17) is 4.74 Å². The second-order valence-corrected chi connectivity index (χ2v) is 12.8. The first-order valence-corrected chi connectivity index (χ1v) is 17.1. The van der Waals surface area contributed by atoms with Crippen LogP contribution >= 0.6 is 0 Å². The number of nitrogens with one attached hydrogen (secondary N) is 2. The van der Waals surface area contributed by atoms with Crippen molar-refractivity contribution < 1.29 is 9.53 Å². The number of likely N-dealkylation sites (tertiary alicyclic amines) is 3. The summed E-state index contributed by atoms with van der Waals surface area (Å²) in [6.07, 6.45) is 15.8. The molecule has 0 saturated carbocycles. The molecular weight excluding hydrogens is 498 g/mol. The van der Waals surface area contributed by atoms with Gasteiger partial charge in [-0.2, -0.15) is 0 Å². The molecule has 0 unspecified atom stereocenters. The number of unbranched alkanes of at least 4 members (excludes halogenated alkanes) is 1. The fourth-order valence-electron chi connectivity index (χ4n) is 5.41. The van der Waals surface area contributed by atoms with Crippen molar-refractivity contribution >= 4 is 5.91 Å². The third-order valence-electron chi connectivity index (χ3n) is 7.77. The highest BCUT2D eigenvalue weighted by molar-refractivity contribution is 5.76. The van der Waals surface area contributed by atoms with Crippen LogP contribution in [-0.4, -0.2) is 111 Å². The van der Waals surface area contributed by atoms with Gasteiger partial charge in [0.2, 0.25) is 5.91 Å². The molecule has 0 spiro atoms. The molecule has 3 aliphatic rings. The van der Waals surface area contributed by atoms with Crippen molar-refractivity contribution in [2.75, 3.05) is 72.1 Å². The molecule has 0 bridgehead atoms. The lowest BCUT2D eigenvalue weighted by molar-refractivity contribution is -0.130. The molecule has 40 heavy (non-hydrogen) atoms. The molecule has 238 valence electrons. The Kier molecular flexibility index (Phi) is 23.2. The fourth-order valence-corrected chi connectivity index (χ4v) is 5.41. The van der Waals surface area contributed by atoms with E-state index >= 15 is 0 Å². The molecule has 0 aromatic rings. The number of nitrogens with zero attached hydrogens (tertiary/aromatic N) is 3. The van der Waals surface area contributed by atoms with Gasteiger partial charge in [0.1, 0.15) is 0 Å². The van der Waals surface area contributed by atoms with Crippen molar-refractivity contribution in [2.45, 2.75) is 137 Å². The minimum Gasteiger partial charge on any atom is -0.379 e. The molecule has 0 aromatic carbocycles. The number of carbonyl (C=O) groups is 1. The molecule has 0 aromatic heterocycles. The molecular formula is C33H69N5O2. The summed E-state index contributed by atoms with van der Waals surface area (Å²) in [7, 11) is 0. The van der Waals surface area contributed by atoms with Crippen LogP contribution in [0.4, 0.5) is 0 Å². The van der Waals surface area contributed by atoms with Crippen LogP contribution in [-0.2, 0) is 9.53 Å².